The first-order chi connectivity index (χ1) is 11.9. The number of benzene rings is 1. The topological polar surface area (TPSA) is 69.3 Å². The molecule has 0 radical (unpaired) electrons. The van der Waals surface area contributed by atoms with Crippen LogP contribution in [0.2, 0.25) is 0 Å². The maximum atomic E-state index is 12.5. The molecule has 0 aliphatic heterocycles. The molecule has 3 aromatic rings. The van der Waals surface area contributed by atoms with E-state index < -0.39 is 17.8 Å². The van der Waals surface area contributed by atoms with E-state index in [0.29, 0.717) is 16.7 Å². The van der Waals surface area contributed by atoms with Gasteiger partial charge in [0.25, 0.3) is 5.91 Å². The second-order valence-electron chi connectivity index (χ2n) is 5.21. The number of fused-ring (bicyclic) bond motifs is 1. The van der Waals surface area contributed by atoms with E-state index in [-0.39, 0.29) is 18.8 Å². The Morgan fingerprint density at radius 2 is 2.16 bits per heavy atom. The summed E-state index contributed by atoms with van der Waals surface area (Å²) in [5, 5.41) is 6.70. The molecule has 2 aromatic heterocycles. The molecule has 1 amide bonds. The van der Waals surface area contributed by atoms with Crippen molar-refractivity contribution in [3.63, 3.8) is 0 Å². The predicted octanol–water partition coefficient (Wildman–Crippen LogP) is 3.09. The zero-order valence-corrected chi connectivity index (χ0v) is 13.1. The van der Waals surface area contributed by atoms with Crippen molar-refractivity contribution >= 4 is 16.9 Å². The average Bonchev–Trinajstić information content (AvgIpc) is 3.20. The van der Waals surface area contributed by atoms with Crippen molar-refractivity contribution in [2.75, 3.05) is 13.7 Å². The molecule has 2 heterocycles. The van der Waals surface area contributed by atoms with Crippen LogP contribution < -0.4 is 10.1 Å². The molecule has 1 N–H and O–H groups in total. The molecule has 25 heavy (non-hydrogen) atoms. The zero-order chi connectivity index (χ0) is 18.0. The third-order valence-corrected chi connectivity index (χ3v) is 3.51. The minimum atomic E-state index is -4.48. The third kappa shape index (κ3) is 3.59. The Morgan fingerprint density at radius 1 is 1.36 bits per heavy atom. The van der Waals surface area contributed by atoms with Gasteiger partial charge in [0, 0.05) is 18.1 Å². The van der Waals surface area contributed by atoms with Crippen LogP contribution in [0.5, 0.6) is 5.75 Å². The zero-order valence-electron chi connectivity index (χ0n) is 13.1. The van der Waals surface area contributed by atoms with Gasteiger partial charge in [-0.15, -0.1) is 0 Å². The summed E-state index contributed by atoms with van der Waals surface area (Å²) in [6, 6.07) is 7.72. The van der Waals surface area contributed by atoms with E-state index in [4.69, 9.17) is 9.15 Å². The Balaban J connectivity index is 1.62. The van der Waals surface area contributed by atoms with Crippen LogP contribution in [-0.2, 0) is 12.7 Å². The number of hydrogen-bond acceptors (Lipinski definition) is 4. The average molecular weight is 353 g/mol. The van der Waals surface area contributed by atoms with Crippen LogP contribution in [0.3, 0.4) is 0 Å². The van der Waals surface area contributed by atoms with Gasteiger partial charge >= 0.3 is 6.18 Å². The fraction of sp³-hybridized carbons (Fsp3) is 0.250. The van der Waals surface area contributed by atoms with E-state index in [1.165, 1.54) is 13.3 Å². The number of nitrogens with one attached hydrogen (secondary N) is 1. The molecule has 0 saturated carbocycles. The highest BCUT2D eigenvalue weighted by Crippen LogP contribution is 2.28. The van der Waals surface area contributed by atoms with E-state index >= 15 is 0 Å². The molecule has 0 unspecified atom stereocenters. The lowest BCUT2D eigenvalue weighted by molar-refractivity contribution is -0.141. The number of hydrogen-bond donors (Lipinski definition) is 1. The fourth-order valence-electron chi connectivity index (χ4n) is 2.32. The number of carbonyl (C=O) groups excluding carboxylic acids is 1. The predicted molar refractivity (Wildman–Crippen MR) is 82.3 cm³/mol. The van der Waals surface area contributed by atoms with E-state index in [1.54, 1.807) is 24.3 Å². The van der Waals surface area contributed by atoms with E-state index in [2.05, 4.69) is 10.4 Å². The smallest absolute Gasteiger partial charge is 0.435 e. The largest absolute Gasteiger partial charge is 0.493 e. The van der Waals surface area contributed by atoms with Crippen molar-refractivity contribution in [2.45, 2.75) is 12.7 Å². The van der Waals surface area contributed by atoms with Gasteiger partial charge < -0.3 is 14.5 Å². The monoisotopic (exact) mass is 353 g/mol. The normalized spacial score (nSPS) is 11.7. The summed E-state index contributed by atoms with van der Waals surface area (Å²) in [6.45, 7) is 0.206. The lowest BCUT2D eigenvalue weighted by atomic mass is 10.2. The molecule has 132 valence electrons. The number of para-hydroxylation sites is 1. The number of carbonyl (C=O) groups is 1. The quantitative estimate of drug-likeness (QED) is 0.765. The van der Waals surface area contributed by atoms with Gasteiger partial charge in [0.05, 0.1) is 13.7 Å². The van der Waals surface area contributed by atoms with Gasteiger partial charge in [-0.1, -0.05) is 12.1 Å². The molecule has 0 aliphatic carbocycles. The molecule has 0 aliphatic rings. The lowest BCUT2D eigenvalue weighted by Gasteiger charge is -2.04. The van der Waals surface area contributed by atoms with Crippen LogP contribution in [0.15, 0.2) is 40.9 Å². The number of alkyl halides is 3. The van der Waals surface area contributed by atoms with Crippen LogP contribution in [0.4, 0.5) is 13.2 Å². The Labute approximate surface area is 140 Å². The van der Waals surface area contributed by atoms with Crippen LogP contribution in [0.25, 0.3) is 11.0 Å². The van der Waals surface area contributed by atoms with E-state index in [1.807, 2.05) is 0 Å². The van der Waals surface area contributed by atoms with Gasteiger partial charge in [-0.05, 0) is 18.2 Å². The first-order valence-electron chi connectivity index (χ1n) is 7.34. The summed E-state index contributed by atoms with van der Waals surface area (Å²) in [4.78, 5) is 12.1. The lowest BCUT2D eigenvalue weighted by Crippen LogP contribution is -2.27. The molecular formula is C16H14F3N3O3. The van der Waals surface area contributed by atoms with Crippen molar-refractivity contribution in [1.29, 1.82) is 0 Å². The summed E-state index contributed by atoms with van der Waals surface area (Å²) in [5.74, 6) is 0.130. The molecular weight excluding hydrogens is 339 g/mol. The molecule has 3 rings (SSSR count). The summed E-state index contributed by atoms with van der Waals surface area (Å²) >= 11 is 0. The molecule has 0 saturated heterocycles. The number of methoxy groups -OCH3 is 1. The molecule has 6 nitrogen and oxygen atoms in total. The molecule has 1 aromatic carbocycles. The number of amides is 1. The van der Waals surface area contributed by atoms with Crippen molar-refractivity contribution < 1.29 is 27.1 Å². The molecule has 0 fully saturated rings. The van der Waals surface area contributed by atoms with Crippen LogP contribution in [-0.4, -0.2) is 29.3 Å². The van der Waals surface area contributed by atoms with Gasteiger partial charge in [-0.25, -0.2) is 0 Å². The summed E-state index contributed by atoms with van der Waals surface area (Å²) in [6.07, 6.45) is -3.27. The van der Waals surface area contributed by atoms with Gasteiger partial charge in [0.15, 0.2) is 22.8 Å². The third-order valence-electron chi connectivity index (χ3n) is 3.51. The Morgan fingerprint density at radius 3 is 2.84 bits per heavy atom. The van der Waals surface area contributed by atoms with Crippen molar-refractivity contribution in [1.82, 2.24) is 15.1 Å². The highest BCUT2D eigenvalue weighted by Gasteiger charge is 2.33. The molecule has 9 heteroatoms. The minimum absolute atomic E-state index is 0.0935. The number of ether oxygens (including phenoxy) is 1. The highest BCUT2D eigenvalue weighted by molar-refractivity contribution is 5.97. The maximum Gasteiger partial charge on any atom is 0.435 e. The van der Waals surface area contributed by atoms with E-state index in [9.17, 15) is 18.0 Å². The highest BCUT2D eigenvalue weighted by atomic mass is 19.4. The molecule has 0 atom stereocenters. The van der Waals surface area contributed by atoms with E-state index in [0.717, 1.165) is 10.7 Å². The van der Waals surface area contributed by atoms with Gasteiger partial charge in [0.1, 0.15) is 0 Å². The molecule has 0 bridgehead atoms. The number of furan rings is 1. The second kappa shape index (κ2) is 6.50. The number of halogens is 3. The standard InChI is InChI=1S/C16H14F3N3O3/c1-24-11-4-2-3-10-9-12(25-14(10)11)15(23)20-6-8-22-7-5-13(21-22)16(17,18)19/h2-5,7,9H,6,8H2,1H3,(H,20,23). The molecule has 0 spiro atoms. The SMILES string of the molecule is COc1cccc2cc(C(=O)NCCn3ccc(C(F)(F)F)n3)oc12. The van der Waals surface area contributed by atoms with Crippen LogP contribution >= 0.6 is 0 Å². The number of aromatic nitrogens is 2. The minimum Gasteiger partial charge on any atom is -0.493 e. The Hall–Kier alpha value is -2.97. The summed E-state index contributed by atoms with van der Waals surface area (Å²) in [7, 11) is 1.50. The Kier molecular flexibility index (Phi) is 4.39. The van der Waals surface area contributed by atoms with Gasteiger partial charge in [-0.2, -0.15) is 18.3 Å². The number of rotatable bonds is 5. The maximum absolute atomic E-state index is 12.5. The first kappa shape index (κ1) is 16.9. The summed E-state index contributed by atoms with van der Waals surface area (Å²) in [5.41, 5.74) is -0.514. The summed E-state index contributed by atoms with van der Waals surface area (Å²) < 4.78 is 49.2. The fourth-order valence-corrected chi connectivity index (χ4v) is 2.32. The first-order valence-corrected chi connectivity index (χ1v) is 7.34. The van der Waals surface area contributed by atoms with Crippen molar-refractivity contribution in [2.24, 2.45) is 0 Å². The van der Waals surface area contributed by atoms with Crippen molar-refractivity contribution in [3.8, 4) is 5.75 Å². The van der Waals surface area contributed by atoms with Gasteiger partial charge in [0.2, 0.25) is 0 Å². The van der Waals surface area contributed by atoms with Crippen LogP contribution in [0.1, 0.15) is 16.2 Å². The number of nitrogens with zero attached hydrogens (tertiary/aromatic N) is 2. The van der Waals surface area contributed by atoms with Crippen LogP contribution in [0, 0.1) is 0 Å². The van der Waals surface area contributed by atoms with Gasteiger partial charge in [-0.3, -0.25) is 9.48 Å². The van der Waals surface area contributed by atoms with Crippen molar-refractivity contribution in [3.05, 3.63) is 48.0 Å². The Bertz CT molecular complexity index is 899. The second-order valence-corrected chi connectivity index (χ2v) is 5.21.